The van der Waals surface area contributed by atoms with E-state index in [-0.39, 0.29) is 36.6 Å². The van der Waals surface area contributed by atoms with Crippen molar-refractivity contribution in [3.05, 3.63) is 0 Å². The zero-order valence-corrected chi connectivity index (χ0v) is 9.20. The molecule has 0 aromatic heterocycles. The van der Waals surface area contributed by atoms with Crippen molar-refractivity contribution in [2.75, 3.05) is 13.7 Å². The second kappa shape index (κ2) is 8.06. The van der Waals surface area contributed by atoms with Crippen molar-refractivity contribution in [2.45, 2.75) is 19.4 Å². The molecule has 0 spiro atoms. The number of hydrogen-bond acceptors (Lipinski definition) is 2. The van der Waals surface area contributed by atoms with Gasteiger partial charge in [0.05, 0.1) is 12.6 Å². The molecule has 0 bridgehead atoms. The molecule has 0 fully saturated rings. The summed E-state index contributed by atoms with van der Waals surface area (Å²) in [5.74, 6) is 0.376. The number of guanidine groups is 1. The van der Waals surface area contributed by atoms with E-state index in [1.165, 1.54) is 0 Å². The molecule has 4 nitrogen and oxygen atoms in total. The van der Waals surface area contributed by atoms with Crippen LogP contribution < -0.4 is 11.1 Å². The first-order chi connectivity index (χ1) is 4.74. The molecule has 0 saturated carbocycles. The Labute approximate surface area is 84.3 Å². The molecule has 0 aliphatic carbocycles. The van der Waals surface area contributed by atoms with Gasteiger partial charge in [0.15, 0.2) is 5.96 Å². The molecule has 4 N–H and O–H groups in total. The van der Waals surface area contributed by atoms with Crippen LogP contribution in [0.3, 0.4) is 0 Å². The third-order valence-corrected chi connectivity index (χ3v) is 1.31. The fourth-order valence-corrected chi connectivity index (χ4v) is 0.550. The summed E-state index contributed by atoms with van der Waals surface area (Å²) < 4.78 is 0. The average Bonchev–Trinajstić information content (AvgIpc) is 1.99. The normalized spacial score (nSPS) is 13.5. The third kappa shape index (κ3) is 6.36. The van der Waals surface area contributed by atoms with Crippen molar-refractivity contribution < 1.29 is 5.11 Å². The Bertz CT molecular complexity index is 114. The maximum Gasteiger partial charge on any atom is 0.188 e. The van der Waals surface area contributed by atoms with E-state index in [1.807, 2.05) is 6.92 Å². The van der Waals surface area contributed by atoms with E-state index < -0.39 is 0 Å². The van der Waals surface area contributed by atoms with E-state index in [4.69, 9.17) is 10.8 Å². The Morgan fingerprint density at radius 2 is 2.27 bits per heavy atom. The monoisotopic (exact) mass is 273 g/mol. The molecule has 0 aromatic rings. The standard InChI is InChI=1S/C6H15N3O.HI/c1-3-5(4-10)9-6(7)8-2;/h5,10H,3-4H2,1-2H3,(H3,7,8,9);1H/t5-;/m1./s1. The number of nitrogens with two attached hydrogens (primary N) is 1. The first-order valence-electron chi connectivity index (χ1n) is 3.34. The average molecular weight is 273 g/mol. The number of hydrogen-bond donors (Lipinski definition) is 3. The van der Waals surface area contributed by atoms with Gasteiger partial charge in [-0.05, 0) is 6.42 Å². The second-order valence-corrected chi connectivity index (χ2v) is 2.04. The summed E-state index contributed by atoms with van der Waals surface area (Å²) in [6.07, 6.45) is 0.840. The van der Waals surface area contributed by atoms with Crippen molar-refractivity contribution in [1.29, 1.82) is 0 Å². The molecule has 68 valence electrons. The van der Waals surface area contributed by atoms with Crippen LogP contribution in [0, 0.1) is 0 Å². The maximum absolute atomic E-state index is 8.70. The summed E-state index contributed by atoms with van der Waals surface area (Å²) >= 11 is 0. The minimum Gasteiger partial charge on any atom is -0.394 e. The lowest BCUT2D eigenvalue weighted by atomic mass is 10.2. The molecule has 11 heavy (non-hydrogen) atoms. The number of aliphatic imine (C=N–C) groups is 1. The minimum absolute atomic E-state index is 0. The smallest absolute Gasteiger partial charge is 0.188 e. The van der Waals surface area contributed by atoms with E-state index in [1.54, 1.807) is 7.05 Å². The van der Waals surface area contributed by atoms with E-state index in [0.29, 0.717) is 5.96 Å². The van der Waals surface area contributed by atoms with Crippen molar-refractivity contribution in [3.63, 3.8) is 0 Å². The fourth-order valence-electron chi connectivity index (χ4n) is 0.550. The van der Waals surface area contributed by atoms with Crippen LogP contribution >= 0.6 is 24.0 Å². The fraction of sp³-hybridized carbons (Fsp3) is 0.833. The van der Waals surface area contributed by atoms with Crippen LogP contribution in [0.25, 0.3) is 0 Å². The summed E-state index contributed by atoms with van der Waals surface area (Å²) in [6, 6.07) is 0.0312. The number of nitrogens with zero attached hydrogens (tertiary/aromatic N) is 1. The van der Waals surface area contributed by atoms with Crippen LogP contribution in [-0.2, 0) is 0 Å². The zero-order chi connectivity index (χ0) is 7.98. The highest BCUT2D eigenvalue weighted by Crippen LogP contribution is 1.86. The third-order valence-electron chi connectivity index (χ3n) is 1.31. The van der Waals surface area contributed by atoms with Crippen molar-refractivity contribution in [2.24, 2.45) is 10.7 Å². The quantitative estimate of drug-likeness (QED) is 0.382. The molecule has 0 heterocycles. The number of aliphatic hydroxyl groups is 1. The molecule has 0 amide bonds. The van der Waals surface area contributed by atoms with Gasteiger partial charge >= 0.3 is 0 Å². The van der Waals surface area contributed by atoms with Crippen LogP contribution in [-0.4, -0.2) is 30.8 Å². The van der Waals surface area contributed by atoms with Crippen LogP contribution in [0.5, 0.6) is 0 Å². The molecular weight excluding hydrogens is 257 g/mol. The lowest BCUT2D eigenvalue weighted by Gasteiger charge is -2.13. The molecule has 0 unspecified atom stereocenters. The summed E-state index contributed by atoms with van der Waals surface area (Å²) in [6.45, 7) is 2.06. The topological polar surface area (TPSA) is 70.6 Å². The molecule has 0 rings (SSSR count). The summed E-state index contributed by atoms with van der Waals surface area (Å²) in [5, 5.41) is 11.5. The predicted molar refractivity (Wildman–Crippen MR) is 57.3 cm³/mol. The van der Waals surface area contributed by atoms with E-state index in [9.17, 15) is 0 Å². The van der Waals surface area contributed by atoms with Crippen LogP contribution in [0.2, 0.25) is 0 Å². The summed E-state index contributed by atoms with van der Waals surface area (Å²) in [4.78, 5) is 3.70. The summed E-state index contributed by atoms with van der Waals surface area (Å²) in [7, 11) is 1.60. The van der Waals surface area contributed by atoms with Crippen molar-refractivity contribution in [1.82, 2.24) is 5.32 Å². The van der Waals surface area contributed by atoms with E-state index in [2.05, 4.69) is 10.3 Å². The number of nitrogens with one attached hydrogen (secondary N) is 1. The molecule has 1 atom stereocenters. The first-order valence-corrected chi connectivity index (χ1v) is 3.34. The largest absolute Gasteiger partial charge is 0.394 e. The SMILES string of the molecule is CC[C@H](CO)NC(N)=NC.I. The van der Waals surface area contributed by atoms with Crippen LogP contribution in [0.1, 0.15) is 13.3 Å². The van der Waals surface area contributed by atoms with Crippen molar-refractivity contribution in [3.8, 4) is 0 Å². The lowest BCUT2D eigenvalue weighted by Crippen LogP contribution is -2.41. The van der Waals surface area contributed by atoms with Gasteiger partial charge in [-0.25, -0.2) is 0 Å². The Kier molecular flexibility index (Phi) is 9.92. The number of aliphatic hydroxyl groups excluding tert-OH is 1. The Hall–Kier alpha value is -0.0400. The van der Waals surface area contributed by atoms with Gasteiger partial charge in [0.1, 0.15) is 0 Å². The molecule has 0 saturated heterocycles. The van der Waals surface area contributed by atoms with Gasteiger partial charge in [-0.3, -0.25) is 4.99 Å². The number of rotatable bonds is 3. The molecule has 0 aliphatic rings. The minimum atomic E-state index is 0. The second-order valence-electron chi connectivity index (χ2n) is 2.04. The lowest BCUT2D eigenvalue weighted by molar-refractivity contribution is 0.252. The highest BCUT2D eigenvalue weighted by Gasteiger charge is 2.02. The van der Waals surface area contributed by atoms with Gasteiger partial charge in [-0.15, -0.1) is 24.0 Å². The molecule has 5 heteroatoms. The van der Waals surface area contributed by atoms with Crippen LogP contribution in [0.4, 0.5) is 0 Å². The molecular formula is C6H16IN3O. The van der Waals surface area contributed by atoms with Crippen molar-refractivity contribution >= 4 is 29.9 Å². The maximum atomic E-state index is 8.70. The van der Waals surface area contributed by atoms with E-state index >= 15 is 0 Å². The van der Waals surface area contributed by atoms with Gasteiger partial charge in [-0.2, -0.15) is 0 Å². The van der Waals surface area contributed by atoms with Gasteiger partial charge in [0.2, 0.25) is 0 Å². The molecule has 0 aromatic carbocycles. The highest BCUT2D eigenvalue weighted by molar-refractivity contribution is 14.0. The van der Waals surface area contributed by atoms with Gasteiger partial charge in [0.25, 0.3) is 0 Å². The van der Waals surface area contributed by atoms with Crippen LogP contribution in [0.15, 0.2) is 4.99 Å². The Morgan fingerprint density at radius 3 is 2.55 bits per heavy atom. The summed E-state index contributed by atoms with van der Waals surface area (Å²) in [5.41, 5.74) is 5.35. The number of halogens is 1. The first kappa shape index (κ1) is 13.5. The van der Waals surface area contributed by atoms with E-state index in [0.717, 1.165) is 6.42 Å². The van der Waals surface area contributed by atoms with Gasteiger partial charge < -0.3 is 16.2 Å². The zero-order valence-electron chi connectivity index (χ0n) is 6.87. The van der Waals surface area contributed by atoms with Gasteiger partial charge in [-0.1, -0.05) is 6.92 Å². The Balaban J connectivity index is 0. The Morgan fingerprint density at radius 1 is 1.73 bits per heavy atom. The predicted octanol–water partition coefficient (Wildman–Crippen LogP) is -0.0906. The van der Waals surface area contributed by atoms with Gasteiger partial charge in [0, 0.05) is 7.05 Å². The molecule has 0 aliphatic heterocycles. The molecule has 0 radical (unpaired) electrons. The highest BCUT2D eigenvalue weighted by atomic mass is 127.